The number of hydrogen-bond donors (Lipinski definition) is 1. The second-order valence-electron chi connectivity index (χ2n) is 6.81. The van der Waals surface area contributed by atoms with Crippen LogP contribution in [0.4, 0.5) is 5.69 Å². The van der Waals surface area contributed by atoms with Crippen LogP contribution in [0.5, 0.6) is 11.5 Å². The van der Waals surface area contributed by atoms with Gasteiger partial charge in [0.05, 0.1) is 25.8 Å². The van der Waals surface area contributed by atoms with E-state index < -0.39 is 24.4 Å². The summed E-state index contributed by atoms with van der Waals surface area (Å²) in [6, 6.07) is 14.4. The molecule has 3 rings (SSSR count). The molecular weight excluding hydrogens is 388 g/mol. The van der Waals surface area contributed by atoms with Crippen LogP contribution in [0.3, 0.4) is 0 Å². The van der Waals surface area contributed by atoms with Gasteiger partial charge in [-0.3, -0.25) is 14.4 Å². The standard InChI is InChI=1S/C22H24N2O6/c1-28-17-9-7-15(8-10-17)12-23-20(25)14-30-22(27)16-11-21(26)24(13-16)18-5-3-4-6-19(18)29-2/h3-10,16H,11-14H2,1-2H3,(H,23,25)/t16-/m0/s1. The smallest absolute Gasteiger partial charge is 0.311 e. The third-order valence-corrected chi connectivity index (χ3v) is 4.83. The molecule has 0 unspecified atom stereocenters. The van der Waals surface area contributed by atoms with Gasteiger partial charge in [-0.1, -0.05) is 24.3 Å². The Kier molecular flexibility index (Phi) is 6.90. The zero-order valence-electron chi connectivity index (χ0n) is 16.9. The second kappa shape index (κ2) is 9.78. The number of amides is 2. The molecule has 0 bridgehead atoms. The first kappa shape index (κ1) is 21.2. The number of para-hydroxylation sites is 2. The lowest BCUT2D eigenvalue weighted by Gasteiger charge is -2.19. The molecule has 0 spiro atoms. The summed E-state index contributed by atoms with van der Waals surface area (Å²) in [6.45, 7) is 0.101. The van der Waals surface area contributed by atoms with Crippen LogP contribution in [0.15, 0.2) is 48.5 Å². The van der Waals surface area contributed by atoms with Crippen molar-refractivity contribution in [1.29, 1.82) is 0 Å². The molecule has 2 aromatic rings. The van der Waals surface area contributed by atoms with Gasteiger partial charge in [0.1, 0.15) is 11.5 Å². The van der Waals surface area contributed by atoms with Crippen molar-refractivity contribution in [2.24, 2.45) is 5.92 Å². The van der Waals surface area contributed by atoms with Gasteiger partial charge in [-0.2, -0.15) is 0 Å². The summed E-state index contributed by atoms with van der Waals surface area (Å²) in [5.41, 5.74) is 1.50. The van der Waals surface area contributed by atoms with Gasteiger partial charge in [-0.15, -0.1) is 0 Å². The van der Waals surface area contributed by atoms with Crippen LogP contribution >= 0.6 is 0 Å². The molecule has 8 heteroatoms. The van der Waals surface area contributed by atoms with Crippen LogP contribution < -0.4 is 19.7 Å². The highest BCUT2D eigenvalue weighted by Gasteiger charge is 2.37. The van der Waals surface area contributed by atoms with Crippen LogP contribution in [0.2, 0.25) is 0 Å². The van der Waals surface area contributed by atoms with Crippen LogP contribution in [0.25, 0.3) is 0 Å². The first-order valence-corrected chi connectivity index (χ1v) is 9.51. The van der Waals surface area contributed by atoms with E-state index in [2.05, 4.69) is 5.32 Å². The van der Waals surface area contributed by atoms with Crippen molar-refractivity contribution in [3.8, 4) is 11.5 Å². The van der Waals surface area contributed by atoms with Gasteiger partial charge in [0.25, 0.3) is 5.91 Å². The first-order valence-electron chi connectivity index (χ1n) is 9.51. The van der Waals surface area contributed by atoms with Crippen molar-refractivity contribution in [2.45, 2.75) is 13.0 Å². The van der Waals surface area contributed by atoms with Gasteiger partial charge in [-0.05, 0) is 29.8 Å². The number of rotatable bonds is 8. The molecule has 1 fully saturated rings. The highest BCUT2D eigenvalue weighted by Crippen LogP contribution is 2.33. The van der Waals surface area contributed by atoms with E-state index in [1.165, 1.54) is 12.0 Å². The Bertz CT molecular complexity index is 912. The van der Waals surface area contributed by atoms with Crippen molar-refractivity contribution in [3.05, 3.63) is 54.1 Å². The molecule has 1 saturated heterocycles. The fourth-order valence-electron chi connectivity index (χ4n) is 3.20. The topological polar surface area (TPSA) is 94.2 Å². The van der Waals surface area contributed by atoms with E-state index in [1.807, 2.05) is 12.1 Å². The molecule has 1 aliphatic rings. The summed E-state index contributed by atoms with van der Waals surface area (Å²) < 4.78 is 15.5. The Morgan fingerprint density at radius 2 is 1.80 bits per heavy atom. The maximum absolute atomic E-state index is 12.4. The van der Waals surface area contributed by atoms with Gasteiger partial charge in [0.15, 0.2) is 6.61 Å². The number of esters is 1. The SMILES string of the molecule is COc1ccc(CNC(=O)COC(=O)[C@H]2CC(=O)N(c3ccccc3OC)C2)cc1. The predicted octanol–water partition coefficient (Wildman–Crippen LogP) is 1.92. The summed E-state index contributed by atoms with van der Waals surface area (Å²) in [5.74, 6) is -0.516. The molecule has 2 aromatic carbocycles. The van der Waals surface area contributed by atoms with Crippen molar-refractivity contribution in [1.82, 2.24) is 5.32 Å². The van der Waals surface area contributed by atoms with E-state index in [9.17, 15) is 14.4 Å². The summed E-state index contributed by atoms with van der Waals surface area (Å²) >= 11 is 0. The number of carbonyl (C=O) groups is 3. The Hall–Kier alpha value is -3.55. The van der Waals surface area contributed by atoms with Crippen molar-refractivity contribution in [3.63, 3.8) is 0 Å². The van der Waals surface area contributed by atoms with Gasteiger partial charge in [0.2, 0.25) is 5.91 Å². The highest BCUT2D eigenvalue weighted by atomic mass is 16.5. The van der Waals surface area contributed by atoms with E-state index in [0.717, 1.165) is 11.3 Å². The molecule has 1 heterocycles. The molecule has 1 aliphatic heterocycles. The summed E-state index contributed by atoms with van der Waals surface area (Å²) in [5, 5.41) is 2.69. The van der Waals surface area contributed by atoms with E-state index in [1.54, 1.807) is 43.5 Å². The van der Waals surface area contributed by atoms with Crippen LogP contribution in [0, 0.1) is 5.92 Å². The van der Waals surface area contributed by atoms with Gasteiger partial charge in [0, 0.05) is 19.5 Å². The Labute approximate surface area is 174 Å². The lowest BCUT2D eigenvalue weighted by Crippen LogP contribution is -2.31. The molecule has 0 aromatic heterocycles. The van der Waals surface area contributed by atoms with E-state index >= 15 is 0 Å². The molecular formula is C22H24N2O6. The summed E-state index contributed by atoms with van der Waals surface area (Å²) in [4.78, 5) is 38.2. The minimum atomic E-state index is -0.628. The van der Waals surface area contributed by atoms with Crippen LogP contribution in [-0.4, -0.2) is 45.2 Å². The second-order valence-corrected chi connectivity index (χ2v) is 6.81. The molecule has 0 aliphatic carbocycles. The van der Waals surface area contributed by atoms with Crippen LogP contribution in [0.1, 0.15) is 12.0 Å². The normalized spacial score (nSPS) is 15.6. The number of carbonyl (C=O) groups excluding carboxylic acids is 3. The minimum absolute atomic E-state index is 0.0321. The molecule has 8 nitrogen and oxygen atoms in total. The Morgan fingerprint density at radius 1 is 1.07 bits per heavy atom. The zero-order valence-corrected chi connectivity index (χ0v) is 16.9. The largest absolute Gasteiger partial charge is 0.497 e. The number of benzene rings is 2. The number of hydrogen-bond acceptors (Lipinski definition) is 6. The number of nitrogens with one attached hydrogen (secondary N) is 1. The number of nitrogens with zero attached hydrogens (tertiary/aromatic N) is 1. The monoisotopic (exact) mass is 412 g/mol. The molecule has 0 radical (unpaired) electrons. The third-order valence-electron chi connectivity index (χ3n) is 4.83. The average Bonchev–Trinajstić information content (AvgIpc) is 3.17. The van der Waals surface area contributed by atoms with Crippen LogP contribution in [-0.2, 0) is 25.7 Å². The minimum Gasteiger partial charge on any atom is -0.497 e. The van der Waals surface area contributed by atoms with E-state index in [4.69, 9.17) is 14.2 Å². The van der Waals surface area contributed by atoms with Crippen molar-refractivity contribution in [2.75, 3.05) is 32.3 Å². The fraction of sp³-hybridized carbons (Fsp3) is 0.318. The van der Waals surface area contributed by atoms with Gasteiger partial charge >= 0.3 is 5.97 Å². The first-order chi connectivity index (χ1) is 14.5. The molecule has 0 saturated carbocycles. The molecule has 2 amide bonds. The number of methoxy groups -OCH3 is 2. The zero-order chi connectivity index (χ0) is 21.5. The van der Waals surface area contributed by atoms with Crippen molar-refractivity contribution >= 4 is 23.5 Å². The fourth-order valence-corrected chi connectivity index (χ4v) is 3.20. The Balaban J connectivity index is 1.47. The predicted molar refractivity (Wildman–Crippen MR) is 109 cm³/mol. The van der Waals surface area contributed by atoms with E-state index in [0.29, 0.717) is 18.0 Å². The van der Waals surface area contributed by atoms with Gasteiger partial charge < -0.3 is 24.4 Å². The molecule has 1 N–H and O–H groups in total. The van der Waals surface area contributed by atoms with Gasteiger partial charge in [-0.25, -0.2) is 0 Å². The number of anilines is 1. The lowest BCUT2D eigenvalue weighted by atomic mass is 10.1. The maximum Gasteiger partial charge on any atom is 0.311 e. The lowest BCUT2D eigenvalue weighted by molar-refractivity contribution is -0.152. The Morgan fingerprint density at radius 3 is 2.50 bits per heavy atom. The number of ether oxygens (including phenoxy) is 3. The van der Waals surface area contributed by atoms with Crippen molar-refractivity contribution < 1.29 is 28.6 Å². The van der Waals surface area contributed by atoms with E-state index in [-0.39, 0.29) is 18.9 Å². The average molecular weight is 412 g/mol. The molecule has 158 valence electrons. The third kappa shape index (κ3) is 5.08. The molecule has 30 heavy (non-hydrogen) atoms. The maximum atomic E-state index is 12.4. The summed E-state index contributed by atoms with van der Waals surface area (Å²) in [7, 11) is 3.11. The molecule has 1 atom stereocenters. The quantitative estimate of drug-likeness (QED) is 0.666. The highest BCUT2D eigenvalue weighted by molar-refractivity contribution is 6.00. The summed E-state index contributed by atoms with van der Waals surface area (Å²) in [6.07, 6.45) is 0.0321.